The largest absolute Gasteiger partial charge is 0.495 e. The first-order valence-corrected chi connectivity index (χ1v) is 9.21. The van der Waals surface area contributed by atoms with Crippen LogP contribution in [0.25, 0.3) is 0 Å². The summed E-state index contributed by atoms with van der Waals surface area (Å²) in [5, 5.41) is 3.63. The van der Waals surface area contributed by atoms with E-state index in [4.69, 9.17) is 4.74 Å². The van der Waals surface area contributed by atoms with Gasteiger partial charge in [-0.05, 0) is 53.0 Å². The summed E-state index contributed by atoms with van der Waals surface area (Å²) in [5.41, 5.74) is 1.10. The molecule has 1 aromatic heterocycles. The van der Waals surface area contributed by atoms with Gasteiger partial charge in [-0.25, -0.2) is 0 Å². The number of para-hydroxylation sites is 2. The van der Waals surface area contributed by atoms with Crippen molar-refractivity contribution in [2.45, 2.75) is 25.4 Å². The molecule has 0 amide bonds. The Labute approximate surface area is 144 Å². The Balaban J connectivity index is 1.51. The van der Waals surface area contributed by atoms with Gasteiger partial charge >= 0.3 is 0 Å². The highest BCUT2D eigenvalue weighted by molar-refractivity contribution is 9.11. The maximum Gasteiger partial charge on any atom is 0.141 e. The maximum absolute atomic E-state index is 5.41. The van der Waals surface area contributed by atoms with E-state index in [0.29, 0.717) is 6.04 Å². The summed E-state index contributed by atoms with van der Waals surface area (Å²) in [7, 11) is 1.72. The number of likely N-dealkylation sites (tertiary alicyclic amines) is 1. The Morgan fingerprint density at radius 1 is 1.23 bits per heavy atom. The van der Waals surface area contributed by atoms with E-state index in [-0.39, 0.29) is 0 Å². The van der Waals surface area contributed by atoms with E-state index in [0.717, 1.165) is 31.1 Å². The molecule has 5 heteroatoms. The summed E-state index contributed by atoms with van der Waals surface area (Å²) < 4.78 is 6.63. The van der Waals surface area contributed by atoms with Crippen molar-refractivity contribution in [2.24, 2.45) is 0 Å². The molecular weight excluding hydrogens is 360 g/mol. The molecule has 1 fully saturated rings. The Hall–Kier alpha value is -1.04. The monoisotopic (exact) mass is 380 g/mol. The minimum Gasteiger partial charge on any atom is -0.495 e. The average molecular weight is 381 g/mol. The number of rotatable bonds is 5. The van der Waals surface area contributed by atoms with Gasteiger partial charge in [0.05, 0.1) is 16.6 Å². The third-order valence-electron chi connectivity index (χ3n) is 4.06. The summed E-state index contributed by atoms with van der Waals surface area (Å²) in [6.45, 7) is 3.35. The van der Waals surface area contributed by atoms with Gasteiger partial charge in [0.15, 0.2) is 0 Å². The van der Waals surface area contributed by atoms with Gasteiger partial charge in [0.1, 0.15) is 5.75 Å². The molecular formula is C17H21BrN2OS. The lowest BCUT2D eigenvalue weighted by atomic mass is 10.0. The van der Waals surface area contributed by atoms with Gasteiger partial charge in [-0.15, -0.1) is 11.3 Å². The van der Waals surface area contributed by atoms with Crippen molar-refractivity contribution in [3.05, 3.63) is 45.1 Å². The highest BCUT2D eigenvalue weighted by atomic mass is 79.9. The highest BCUT2D eigenvalue weighted by Gasteiger charge is 2.20. The third-order valence-corrected chi connectivity index (χ3v) is 5.67. The van der Waals surface area contributed by atoms with E-state index in [1.807, 2.05) is 23.5 Å². The normalized spacial score (nSPS) is 16.6. The lowest BCUT2D eigenvalue weighted by Gasteiger charge is -2.32. The van der Waals surface area contributed by atoms with E-state index >= 15 is 0 Å². The molecule has 0 unspecified atom stereocenters. The molecule has 22 heavy (non-hydrogen) atoms. The van der Waals surface area contributed by atoms with E-state index < -0.39 is 0 Å². The number of methoxy groups -OCH3 is 1. The van der Waals surface area contributed by atoms with E-state index in [9.17, 15) is 0 Å². The molecule has 0 bridgehead atoms. The van der Waals surface area contributed by atoms with Gasteiger partial charge in [-0.3, -0.25) is 4.90 Å². The maximum atomic E-state index is 5.41. The standard InChI is InChI=1S/C17H21BrN2OS/c1-21-16-5-3-2-4-15(16)19-13-8-10-20(11-9-13)12-14-6-7-17(18)22-14/h2-7,13,19H,8-12H2,1H3. The molecule has 118 valence electrons. The van der Waals surface area contributed by atoms with E-state index in [2.05, 4.69) is 50.4 Å². The summed E-state index contributed by atoms with van der Waals surface area (Å²) >= 11 is 5.37. The Morgan fingerprint density at radius 2 is 2.00 bits per heavy atom. The predicted octanol–water partition coefficient (Wildman–Crippen LogP) is 4.60. The van der Waals surface area contributed by atoms with Crippen LogP contribution < -0.4 is 10.1 Å². The number of hydrogen-bond donors (Lipinski definition) is 1. The summed E-state index contributed by atoms with van der Waals surface area (Å²) in [6, 6.07) is 13.0. The molecule has 2 aromatic rings. The molecule has 3 rings (SSSR count). The second-order valence-electron chi connectivity index (χ2n) is 5.60. The number of piperidine rings is 1. The van der Waals surface area contributed by atoms with E-state index in [1.54, 1.807) is 7.11 Å². The van der Waals surface area contributed by atoms with Crippen molar-refractivity contribution in [3.8, 4) is 5.75 Å². The van der Waals surface area contributed by atoms with Crippen molar-refractivity contribution in [2.75, 3.05) is 25.5 Å². The SMILES string of the molecule is COc1ccccc1NC1CCN(Cc2ccc(Br)s2)CC1. The zero-order valence-corrected chi connectivity index (χ0v) is 15.1. The second-order valence-corrected chi connectivity index (χ2v) is 8.15. The van der Waals surface area contributed by atoms with Crippen LogP contribution >= 0.6 is 27.3 Å². The Morgan fingerprint density at radius 3 is 2.68 bits per heavy atom. The Bertz CT molecular complexity index is 608. The zero-order valence-electron chi connectivity index (χ0n) is 12.7. The number of ether oxygens (including phenoxy) is 1. The van der Waals surface area contributed by atoms with Crippen LogP contribution in [0.4, 0.5) is 5.69 Å². The first-order valence-electron chi connectivity index (χ1n) is 7.61. The first kappa shape index (κ1) is 15.8. The smallest absolute Gasteiger partial charge is 0.141 e. The lowest BCUT2D eigenvalue weighted by Crippen LogP contribution is -2.38. The number of hydrogen-bond acceptors (Lipinski definition) is 4. The van der Waals surface area contributed by atoms with Crippen LogP contribution in [0.2, 0.25) is 0 Å². The van der Waals surface area contributed by atoms with Crippen molar-refractivity contribution < 1.29 is 4.74 Å². The zero-order chi connectivity index (χ0) is 15.4. The Kier molecular flexibility index (Phi) is 5.39. The van der Waals surface area contributed by atoms with Gasteiger partial charge in [0.2, 0.25) is 0 Å². The van der Waals surface area contributed by atoms with Crippen LogP contribution in [-0.2, 0) is 6.54 Å². The van der Waals surface area contributed by atoms with Gasteiger partial charge in [0, 0.05) is 30.6 Å². The van der Waals surface area contributed by atoms with E-state index in [1.165, 1.54) is 21.5 Å². The predicted molar refractivity (Wildman–Crippen MR) is 96.9 cm³/mol. The number of benzene rings is 1. The first-order chi connectivity index (χ1) is 10.7. The fourth-order valence-corrected chi connectivity index (χ4v) is 4.40. The molecule has 0 saturated carbocycles. The summed E-state index contributed by atoms with van der Waals surface area (Å²) in [6.07, 6.45) is 2.34. The molecule has 2 heterocycles. The molecule has 1 aliphatic rings. The number of anilines is 1. The van der Waals surface area contributed by atoms with Crippen molar-refractivity contribution in [1.82, 2.24) is 4.90 Å². The van der Waals surface area contributed by atoms with Gasteiger partial charge in [0.25, 0.3) is 0 Å². The van der Waals surface area contributed by atoms with Crippen LogP contribution in [-0.4, -0.2) is 31.1 Å². The number of nitrogens with zero attached hydrogens (tertiary/aromatic N) is 1. The minimum absolute atomic E-state index is 0.530. The molecule has 1 saturated heterocycles. The van der Waals surface area contributed by atoms with Crippen LogP contribution in [0.5, 0.6) is 5.75 Å². The molecule has 0 aliphatic carbocycles. The number of nitrogens with one attached hydrogen (secondary N) is 1. The average Bonchev–Trinajstić information content (AvgIpc) is 2.95. The van der Waals surface area contributed by atoms with Crippen LogP contribution in [0.3, 0.4) is 0 Å². The minimum atomic E-state index is 0.530. The number of thiophene rings is 1. The quantitative estimate of drug-likeness (QED) is 0.820. The van der Waals surface area contributed by atoms with Gasteiger partial charge in [-0.2, -0.15) is 0 Å². The molecule has 0 radical (unpaired) electrons. The highest BCUT2D eigenvalue weighted by Crippen LogP contribution is 2.27. The van der Waals surface area contributed by atoms with Crippen molar-refractivity contribution in [1.29, 1.82) is 0 Å². The molecule has 1 N–H and O–H groups in total. The topological polar surface area (TPSA) is 24.5 Å². The van der Waals surface area contributed by atoms with Crippen molar-refractivity contribution >= 4 is 33.0 Å². The molecule has 0 atom stereocenters. The lowest BCUT2D eigenvalue weighted by molar-refractivity contribution is 0.213. The van der Waals surface area contributed by atoms with Gasteiger partial charge in [-0.1, -0.05) is 12.1 Å². The fourth-order valence-electron chi connectivity index (χ4n) is 2.88. The summed E-state index contributed by atoms with van der Waals surface area (Å²) in [4.78, 5) is 3.97. The fraction of sp³-hybridized carbons (Fsp3) is 0.412. The second kappa shape index (κ2) is 7.49. The van der Waals surface area contributed by atoms with Gasteiger partial charge < -0.3 is 10.1 Å². The number of halogens is 1. The molecule has 0 spiro atoms. The van der Waals surface area contributed by atoms with Crippen molar-refractivity contribution in [3.63, 3.8) is 0 Å². The summed E-state index contributed by atoms with van der Waals surface area (Å²) in [5.74, 6) is 0.924. The van der Waals surface area contributed by atoms with Crippen LogP contribution in [0.1, 0.15) is 17.7 Å². The third kappa shape index (κ3) is 4.03. The molecule has 1 aliphatic heterocycles. The molecule has 3 nitrogen and oxygen atoms in total. The van der Waals surface area contributed by atoms with Crippen LogP contribution in [0, 0.1) is 0 Å². The van der Waals surface area contributed by atoms with Crippen LogP contribution in [0.15, 0.2) is 40.2 Å². The molecule has 1 aromatic carbocycles.